The third kappa shape index (κ3) is 7.22. The highest BCUT2D eigenvalue weighted by molar-refractivity contribution is 6.30. The van der Waals surface area contributed by atoms with E-state index in [2.05, 4.69) is 11.8 Å². The number of ether oxygens (including phenoxy) is 2. The van der Waals surface area contributed by atoms with Crippen molar-refractivity contribution in [3.05, 3.63) is 106 Å². The Morgan fingerprint density at radius 1 is 0.868 bits per heavy atom. The average molecular weight is 535 g/mol. The first-order chi connectivity index (χ1) is 18.5. The summed E-state index contributed by atoms with van der Waals surface area (Å²) in [7, 11) is 1.37. The topological polar surface area (TPSA) is 59.1 Å². The predicted molar refractivity (Wildman–Crippen MR) is 149 cm³/mol. The van der Waals surface area contributed by atoms with Crippen molar-refractivity contribution >= 4 is 23.5 Å². The minimum atomic E-state index is -0.358. The van der Waals surface area contributed by atoms with Gasteiger partial charge in [-0.1, -0.05) is 73.1 Å². The Morgan fingerprint density at radius 3 is 2.13 bits per heavy atom. The van der Waals surface area contributed by atoms with Gasteiger partial charge in [-0.2, -0.15) is 0 Å². The van der Waals surface area contributed by atoms with Crippen LogP contribution in [0.5, 0.6) is 0 Å². The molecule has 38 heavy (non-hydrogen) atoms. The number of nitrogens with zero attached hydrogens (tertiary/aromatic N) is 2. The van der Waals surface area contributed by atoms with Crippen molar-refractivity contribution in [2.75, 3.05) is 39.8 Å². The summed E-state index contributed by atoms with van der Waals surface area (Å²) in [6.45, 7) is 6.16. The second-order valence-corrected chi connectivity index (χ2v) is 9.97. The lowest BCUT2D eigenvalue weighted by Gasteiger charge is -2.38. The number of piperazine rings is 1. The molecule has 0 aliphatic carbocycles. The molecule has 1 amide bonds. The van der Waals surface area contributed by atoms with Crippen LogP contribution in [0.15, 0.2) is 78.9 Å². The zero-order valence-corrected chi connectivity index (χ0v) is 22.8. The van der Waals surface area contributed by atoms with Crippen molar-refractivity contribution in [3.63, 3.8) is 0 Å². The van der Waals surface area contributed by atoms with Gasteiger partial charge in [-0.15, -0.1) is 0 Å². The van der Waals surface area contributed by atoms with Crippen LogP contribution in [0, 0.1) is 0 Å². The van der Waals surface area contributed by atoms with E-state index in [4.69, 9.17) is 21.1 Å². The number of hydrogen-bond donors (Lipinski definition) is 0. The lowest BCUT2D eigenvalue weighted by molar-refractivity contribution is -0.135. The highest BCUT2D eigenvalue weighted by Crippen LogP contribution is 2.25. The van der Waals surface area contributed by atoms with Crippen molar-refractivity contribution < 1.29 is 19.1 Å². The highest BCUT2D eigenvalue weighted by Gasteiger charge is 2.28. The van der Waals surface area contributed by atoms with Crippen LogP contribution in [0.25, 0.3) is 0 Å². The van der Waals surface area contributed by atoms with Crippen LogP contribution in [-0.2, 0) is 20.9 Å². The number of esters is 1. The number of carbonyl (C=O) groups is 2. The number of methoxy groups -OCH3 is 1. The minimum Gasteiger partial charge on any atom is -0.465 e. The Hall–Kier alpha value is -3.19. The Labute approximate surface area is 230 Å². The summed E-state index contributed by atoms with van der Waals surface area (Å²) in [5.41, 5.74) is 3.61. The van der Waals surface area contributed by atoms with Gasteiger partial charge in [-0.25, -0.2) is 4.79 Å². The highest BCUT2D eigenvalue weighted by atomic mass is 35.5. The normalized spacial score (nSPS) is 15.6. The molecule has 1 aliphatic rings. The van der Waals surface area contributed by atoms with Crippen molar-refractivity contribution in [2.24, 2.45) is 0 Å². The first-order valence-electron chi connectivity index (χ1n) is 13.1. The molecule has 7 heteroatoms. The fourth-order valence-electron chi connectivity index (χ4n) is 4.83. The lowest BCUT2D eigenvalue weighted by Crippen LogP contribution is -2.50. The van der Waals surface area contributed by atoms with Gasteiger partial charge in [-0.3, -0.25) is 9.69 Å². The Kier molecular flexibility index (Phi) is 9.93. The number of halogens is 1. The van der Waals surface area contributed by atoms with Gasteiger partial charge >= 0.3 is 5.97 Å². The zero-order valence-electron chi connectivity index (χ0n) is 22.0. The second-order valence-electron chi connectivity index (χ2n) is 9.54. The minimum absolute atomic E-state index is 0.0986. The average Bonchev–Trinajstić information content (AvgIpc) is 2.97. The lowest BCUT2D eigenvalue weighted by atomic mass is 9.95. The molecule has 1 fully saturated rings. The van der Waals surface area contributed by atoms with Gasteiger partial charge in [0.15, 0.2) is 0 Å². The van der Waals surface area contributed by atoms with E-state index in [0.717, 1.165) is 36.2 Å². The number of rotatable bonds is 10. The number of carbonyl (C=O) groups excluding carboxylic acids is 2. The molecule has 0 bridgehead atoms. The van der Waals surface area contributed by atoms with E-state index in [1.807, 2.05) is 71.6 Å². The molecule has 0 radical (unpaired) electrons. The van der Waals surface area contributed by atoms with Crippen molar-refractivity contribution in [3.8, 4) is 0 Å². The van der Waals surface area contributed by atoms with Gasteiger partial charge < -0.3 is 14.4 Å². The number of hydrogen-bond acceptors (Lipinski definition) is 5. The zero-order chi connectivity index (χ0) is 26.9. The van der Waals surface area contributed by atoms with Crippen LogP contribution in [0.2, 0.25) is 5.02 Å². The standard InChI is InChI=1S/C31H35ClN2O4/c1-3-28(24-7-5-4-6-8-24)30(35)34-19-17-33(18-20-34)21-29(25-13-15-27(32)16-14-25)38-22-23-9-11-26(12-10-23)31(36)37-2/h4-16,28-29H,3,17-22H2,1-2H3/t28-,29+/m1/s1. The molecule has 200 valence electrons. The third-order valence-electron chi connectivity index (χ3n) is 7.08. The van der Waals surface area contributed by atoms with E-state index in [0.29, 0.717) is 36.8 Å². The fraction of sp³-hybridized carbons (Fsp3) is 0.355. The Balaban J connectivity index is 1.37. The van der Waals surface area contributed by atoms with Crippen LogP contribution in [0.4, 0.5) is 0 Å². The Morgan fingerprint density at radius 2 is 1.53 bits per heavy atom. The predicted octanol–water partition coefficient (Wildman–Crippen LogP) is 5.72. The van der Waals surface area contributed by atoms with E-state index in [1.54, 1.807) is 12.1 Å². The SMILES string of the molecule is CC[C@@H](C(=O)N1CCN(C[C@H](OCc2ccc(C(=O)OC)cc2)c2ccc(Cl)cc2)CC1)c1ccccc1. The van der Waals surface area contributed by atoms with Crippen LogP contribution in [-0.4, -0.2) is 61.5 Å². The maximum Gasteiger partial charge on any atom is 0.337 e. The molecule has 3 aromatic carbocycles. The second kappa shape index (κ2) is 13.6. The molecule has 0 aromatic heterocycles. The maximum atomic E-state index is 13.3. The van der Waals surface area contributed by atoms with E-state index in [9.17, 15) is 9.59 Å². The number of benzene rings is 3. The van der Waals surface area contributed by atoms with Gasteiger partial charge in [0.1, 0.15) is 0 Å². The van der Waals surface area contributed by atoms with Gasteiger partial charge in [-0.05, 0) is 47.4 Å². The molecular formula is C31H35ClN2O4. The van der Waals surface area contributed by atoms with Gasteiger partial charge in [0, 0.05) is 37.7 Å². The van der Waals surface area contributed by atoms with E-state index < -0.39 is 0 Å². The quantitative estimate of drug-likeness (QED) is 0.311. The molecule has 4 rings (SSSR count). The van der Waals surface area contributed by atoms with Crippen LogP contribution < -0.4 is 0 Å². The fourth-order valence-corrected chi connectivity index (χ4v) is 4.95. The van der Waals surface area contributed by atoms with Crippen LogP contribution >= 0.6 is 11.6 Å². The molecule has 0 saturated carbocycles. The summed E-state index contributed by atoms with van der Waals surface area (Å²) in [6, 6.07) is 25.1. The van der Waals surface area contributed by atoms with Crippen LogP contribution in [0.3, 0.4) is 0 Å². The molecule has 1 aliphatic heterocycles. The molecule has 0 spiro atoms. The summed E-state index contributed by atoms with van der Waals surface area (Å²) in [6.07, 6.45) is 0.624. The molecular weight excluding hydrogens is 500 g/mol. The number of amides is 1. The van der Waals surface area contributed by atoms with E-state index >= 15 is 0 Å². The molecule has 2 atom stereocenters. The van der Waals surface area contributed by atoms with Gasteiger partial charge in [0.05, 0.1) is 31.3 Å². The van der Waals surface area contributed by atoms with Gasteiger partial charge in [0.25, 0.3) is 0 Å². The largest absolute Gasteiger partial charge is 0.465 e. The van der Waals surface area contributed by atoms with Crippen molar-refractivity contribution in [2.45, 2.75) is 32.0 Å². The summed E-state index contributed by atoms with van der Waals surface area (Å²) in [5.74, 6) is -0.249. The molecule has 0 N–H and O–H groups in total. The summed E-state index contributed by atoms with van der Waals surface area (Å²) >= 11 is 6.13. The van der Waals surface area contributed by atoms with Crippen LogP contribution in [0.1, 0.15) is 52.4 Å². The molecule has 0 unspecified atom stereocenters. The summed E-state index contributed by atoms with van der Waals surface area (Å²) in [4.78, 5) is 29.4. The Bertz CT molecular complexity index is 1180. The molecule has 3 aromatic rings. The van der Waals surface area contributed by atoms with E-state index in [1.165, 1.54) is 7.11 Å². The summed E-state index contributed by atoms with van der Waals surface area (Å²) < 4.78 is 11.2. The van der Waals surface area contributed by atoms with E-state index in [-0.39, 0.29) is 23.9 Å². The first kappa shape index (κ1) is 27.8. The maximum absolute atomic E-state index is 13.3. The molecule has 6 nitrogen and oxygen atoms in total. The van der Waals surface area contributed by atoms with Crippen molar-refractivity contribution in [1.29, 1.82) is 0 Å². The summed E-state index contributed by atoms with van der Waals surface area (Å²) in [5, 5.41) is 0.682. The smallest absolute Gasteiger partial charge is 0.337 e. The van der Waals surface area contributed by atoms with Crippen molar-refractivity contribution in [1.82, 2.24) is 9.80 Å². The molecule has 1 heterocycles. The first-order valence-corrected chi connectivity index (χ1v) is 13.5. The monoisotopic (exact) mass is 534 g/mol. The third-order valence-corrected chi connectivity index (χ3v) is 7.34. The van der Waals surface area contributed by atoms with Gasteiger partial charge in [0.2, 0.25) is 5.91 Å². The molecule has 1 saturated heterocycles.